The van der Waals surface area contributed by atoms with Gasteiger partial charge in [0.2, 0.25) is 10.0 Å². The molecule has 1 aliphatic carbocycles. The van der Waals surface area contributed by atoms with Crippen molar-refractivity contribution in [1.82, 2.24) is 8.87 Å². The first-order valence-corrected chi connectivity index (χ1v) is 12.7. The predicted octanol–water partition coefficient (Wildman–Crippen LogP) is 3.02. The highest BCUT2D eigenvalue weighted by molar-refractivity contribution is 7.89. The Hall–Kier alpha value is -2.82. The molecule has 0 unspecified atom stereocenters. The van der Waals surface area contributed by atoms with Gasteiger partial charge in [0.05, 0.1) is 22.2 Å². The van der Waals surface area contributed by atoms with Gasteiger partial charge in [-0.05, 0) is 68.1 Å². The van der Waals surface area contributed by atoms with E-state index in [0.29, 0.717) is 4.80 Å². The number of carbonyl (C=O) groups excluding carboxylic acids is 2. The monoisotopic (exact) mass is 487 g/mol. The Kier molecular flexibility index (Phi) is 6.26. The largest absolute Gasteiger partial charge is 0.468 e. The van der Waals surface area contributed by atoms with Crippen LogP contribution in [0.2, 0.25) is 0 Å². The maximum Gasteiger partial charge on any atom is 0.325 e. The second-order valence-electron chi connectivity index (χ2n) is 8.17. The lowest BCUT2D eigenvalue weighted by Gasteiger charge is -2.16. The first-order valence-electron chi connectivity index (χ1n) is 10.5. The van der Waals surface area contributed by atoms with Crippen LogP contribution >= 0.6 is 11.3 Å². The fraction of sp³-hybridized carbons (Fsp3) is 0.348. The van der Waals surface area contributed by atoms with Gasteiger partial charge in [-0.2, -0.15) is 9.30 Å². The summed E-state index contributed by atoms with van der Waals surface area (Å²) in [6.45, 7) is 3.86. The molecule has 1 saturated carbocycles. The summed E-state index contributed by atoms with van der Waals surface area (Å²) >= 11 is 1.32. The Balaban J connectivity index is 1.72. The van der Waals surface area contributed by atoms with Crippen LogP contribution in [0.4, 0.5) is 0 Å². The van der Waals surface area contributed by atoms with E-state index in [2.05, 4.69) is 4.99 Å². The van der Waals surface area contributed by atoms with Gasteiger partial charge in [-0.15, -0.1) is 0 Å². The van der Waals surface area contributed by atoms with E-state index < -0.39 is 21.9 Å². The van der Waals surface area contributed by atoms with Crippen molar-refractivity contribution in [2.75, 3.05) is 14.2 Å². The van der Waals surface area contributed by atoms with Crippen molar-refractivity contribution >= 4 is 43.5 Å². The number of benzene rings is 2. The topological polar surface area (TPSA) is 98.0 Å². The summed E-state index contributed by atoms with van der Waals surface area (Å²) < 4.78 is 34.2. The van der Waals surface area contributed by atoms with E-state index >= 15 is 0 Å². The molecule has 0 spiro atoms. The molecule has 1 aromatic heterocycles. The molecule has 4 rings (SSSR count). The molecular formula is C23H25N3O5S2. The molecular weight excluding hydrogens is 462 g/mol. The Morgan fingerprint density at radius 2 is 1.85 bits per heavy atom. The minimum atomic E-state index is -3.59. The number of methoxy groups -OCH3 is 1. The molecule has 33 heavy (non-hydrogen) atoms. The summed E-state index contributed by atoms with van der Waals surface area (Å²) in [6.07, 6.45) is 1.73. The van der Waals surface area contributed by atoms with Crippen LogP contribution in [0.1, 0.15) is 34.3 Å². The van der Waals surface area contributed by atoms with Crippen molar-refractivity contribution in [2.45, 2.75) is 44.2 Å². The minimum absolute atomic E-state index is 0.0524. The lowest BCUT2D eigenvalue weighted by molar-refractivity contribution is -0.141. The number of nitrogens with zero attached hydrogens (tertiary/aromatic N) is 3. The van der Waals surface area contributed by atoms with Gasteiger partial charge in [0.1, 0.15) is 6.54 Å². The van der Waals surface area contributed by atoms with Gasteiger partial charge in [0, 0.05) is 18.7 Å². The van der Waals surface area contributed by atoms with Crippen molar-refractivity contribution in [2.24, 2.45) is 4.99 Å². The van der Waals surface area contributed by atoms with Crippen molar-refractivity contribution in [3.05, 3.63) is 57.9 Å². The molecule has 0 aliphatic heterocycles. The van der Waals surface area contributed by atoms with E-state index in [0.717, 1.165) is 34.2 Å². The zero-order valence-electron chi connectivity index (χ0n) is 18.9. The van der Waals surface area contributed by atoms with Crippen LogP contribution in [0.25, 0.3) is 10.2 Å². The normalized spacial score (nSPS) is 14.8. The third-order valence-corrected chi connectivity index (χ3v) is 8.82. The van der Waals surface area contributed by atoms with E-state index in [1.807, 2.05) is 26.0 Å². The van der Waals surface area contributed by atoms with Gasteiger partial charge in [0.25, 0.3) is 5.91 Å². The SMILES string of the molecule is COC(=O)Cn1c(=NC(=O)c2ccc(S(=O)(=O)N(C)C3CC3)cc2)sc2c(C)cc(C)cc21. The van der Waals surface area contributed by atoms with Crippen LogP contribution in [-0.2, 0) is 26.1 Å². The molecule has 1 heterocycles. The second kappa shape index (κ2) is 8.85. The summed E-state index contributed by atoms with van der Waals surface area (Å²) in [4.78, 5) is 29.7. The summed E-state index contributed by atoms with van der Waals surface area (Å²) in [5, 5.41) is 0. The predicted molar refractivity (Wildman–Crippen MR) is 126 cm³/mol. The van der Waals surface area contributed by atoms with Gasteiger partial charge in [-0.1, -0.05) is 17.4 Å². The minimum Gasteiger partial charge on any atom is -0.468 e. The summed E-state index contributed by atoms with van der Waals surface area (Å²) in [6, 6.07) is 9.82. The average Bonchev–Trinajstić information content (AvgIpc) is 3.58. The standard InChI is InChI=1S/C23H25N3O5S2/c1-14-11-15(2)21-19(12-14)26(13-20(27)31-4)23(32-21)24-22(28)16-5-9-18(10-6-16)33(29,30)25(3)17-7-8-17/h5-6,9-12,17H,7-8,13H2,1-4H3. The number of rotatable bonds is 6. The number of hydrogen-bond acceptors (Lipinski definition) is 6. The molecule has 3 aromatic rings. The number of aryl methyl sites for hydroxylation is 2. The second-order valence-corrected chi connectivity index (χ2v) is 11.1. The van der Waals surface area contributed by atoms with E-state index in [1.54, 1.807) is 11.6 Å². The Morgan fingerprint density at radius 1 is 1.18 bits per heavy atom. The molecule has 1 aliphatic rings. The molecule has 0 bridgehead atoms. The van der Waals surface area contributed by atoms with Crippen molar-refractivity contribution in [3.8, 4) is 0 Å². The van der Waals surface area contributed by atoms with Gasteiger partial charge in [-0.25, -0.2) is 8.42 Å². The third kappa shape index (κ3) is 4.64. The number of fused-ring (bicyclic) bond motifs is 1. The molecule has 1 amide bonds. The van der Waals surface area contributed by atoms with Gasteiger partial charge in [0.15, 0.2) is 4.80 Å². The maximum absolute atomic E-state index is 12.9. The Bertz CT molecular complexity index is 1410. The van der Waals surface area contributed by atoms with Crippen LogP contribution in [0.5, 0.6) is 0 Å². The van der Waals surface area contributed by atoms with Crippen LogP contribution in [0.3, 0.4) is 0 Å². The highest BCUT2D eigenvalue weighted by Gasteiger charge is 2.35. The number of sulfonamides is 1. The first-order chi connectivity index (χ1) is 15.6. The van der Waals surface area contributed by atoms with E-state index in [1.165, 1.54) is 47.0 Å². The van der Waals surface area contributed by atoms with Crippen molar-refractivity contribution in [3.63, 3.8) is 0 Å². The molecule has 174 valence electrons. The number of ether oxygens (including phenoxy) is 1. The third-order valence-electron chi connectivity index (χ3n) is 5.67. The van der Waals surface area contributed by atoms with Crippen LogP contribution in [0.15, 0.2) is 46.3 Å². The molecule has 8 nitrogen and oxygen atoms in total. The molecule has 0 radical (unpaired) electrons. The van der Waals surface area contributed by atoms with Gasteiger partial charge in [-0.3, -0.25) is 9.59 Å². The Morgan fingerprint density at radius 3 is 2.45 bits per heavy atom. The number of aromatic nitrogens is 1. The van der Waals surface area contributed by atoms with Crippen molar-refractivity contribution in [1.29, 1.82) is 0 Å². The fourth-order valence-electron chi connectivity index (χ4n) is 3.67. The zero-order valence-corrected chi connectivity index (χ0v) is 20.5. The smallest absolute Gasteiger partial charge is 0.325 e. The van der Waals surface area contributed by atoms with Crippen molar-refractivity contribution < 1.29 is 22.7 Å². The van der Waals surface area contributed by atoms with Crippen LogP contribution in [0, 0.1) is 13.8 Å². The summed E-state index contributed by atoms with van der Waals surface area (Å²) in [5.41, 5.74) is 3.12. The number of thiazole rings is 1. The molecule has 0 atom stereocenters. The zero-order chi connectivity index (χ0) is 23.9. The maximum atomic E-state index is 12.9. The highest BCUT2D eigenvalue weighted by Crippen LogP contribution is 2.30. The molecule has 2 aromatic carbocycles. The molecule has 10 heteroatoms. The number of amides is 1. The molecule has 0 N–H and O–H groups in total. The van der Waals surface area contributed by atoms with Crippen LogP contribution in [-0.4, -0.2) is 49.4 Å². The number of carbonyl (C=O) groups is 2. The van der Waals surface area contributed by atoms with E-state index in [9.17, 15) is 18.0 Å². The molecule has 1 fully saturated rings. The first kappa shape index (κ1) is 23.3. The Labute approximate surface area is 196 Å². The molecule has 0 saturated heterocycles. The van der Waals surface area contributed by atoms with E-state index in [-0.39, 0.29) is 23.0 Å². The summed E-state index contributed by atoms with van der Waals surface area (Å²) in [7, 11) is -0.701. The van der Waals surface area contributed by atoms with Crippen LogP contribution < -0.4 is 4.80 Å². The summed E-state index contributed by atoms with van der Waals surface area (Å²) in [5.74, 6) is -0.967. The number of esters is 1. The van der Waals surface area contributed by atoms with Gasteiger partial charge >= 0.3 is 5.97 Å². The van der Waals surface area contributed by atoms with E-state index in [4.69, 9.17) is 4.74 Å². The number of hydrogen-bond donors (Lipinski definition) is 0. The van der Waals surface area contributed by atoms with Gasteiger partial charge < -0.3 is 9.30 Å². The average molecular weight is 488 g/mol. The quantitative estimate of drug-likeness (QED) is 0.498. The lowest BCUT2D eigenvalue weighted by Crippen LogP contribution is -2.28. The fourth-order valence-corrected chi connectivity index (χ4v) is 6.16. The lowest BCUT2D eigenvalue weighted by atomic mass is 10.1. The highest BCUT2D eigenvalue weighted by atomic mass is 32.2.